The summed E-state index contributed by atoms with van der Waals surface area (Å²) in [6, 6.07) is 3.30. The quantitative estimate of drug-likeness (QED) is 0.828. The molecule has 0 fully saturated rings. The molecule has 96 valence electrons. The van der Waals surface area contributed by atoms with Crippen molar-refractivity contribution in [3.8, 4) is 0 Å². The maximum Gasteiger partial charge on any atom is 0.250 e. The molecule has 0 spiro atoms. The first-order valence-electron chi connectivity index (χ1n) is 5.59. The zero-order chi connectivity index (χ0) is 13.3. The number of aryl methyl sites for hydroxylation is 2. The monoisotopic (exact) mass is 373 g/mol. The van der Waals surface area contributed by atoms with E-state index in [1.807, 2.05) is 11.7 Å². The molecule has 0 atom stereocenters. The number of aromatic nitrogens is 3. The van der Waals surface area contributed by atoms with Gasteiger partial charge in [0, 0.05) is 23.8 Å². The predicted octanol–water partition coefficient (Wildman–Crippen LogP) is 2.72. The van der Waals surface area contributed by atoms with Gasteiger partial charge in [-0.15, -0.1) is 0 Å². The number of hydrogen-bond donors (Lipinski definition) is 0. The Bertz CT molecular complexity index is 631. The van der Waals surface area contributed by atoms with E-state index in [4.69, 9.17) is 0 Å². The highest BCUT2D eigenvalue weighted by atomic mass is 79.9. The minimum atomic E-state index is -0.0238. The van der Waals surface area contributed by atoms with Crippen LogP contribution in [0.1, 0.15) is 18.3 Å². The van der Waals surface area contributed by atoms with Gasteiger partial charge in [-0.3, -0.25) is 9.48 Å². The number of hydrogen-bond acceptors (Lipinski definition) is 2. The van der Waals surface area contributed by atoms with Crippen LogP contribution in [-0.2, 0) is 20.0 Å². The van der Waals surface area contributed by atoms with Crippen molar-refractivity contribution in [1.82, 2.24) is 14.3 Å². The van der Waals surface area contributed by atoms with Gasteiger partial charge in [-0.05, 0) is 44.3 Å². The fraction of sp³-hybridized carbons (Fsp3) is 0.333. The minimum absolute atomic E-state index is 0.0238. The lowest BCUT2D eigenvalue weighted by Crippen LogP contribution is -2.20. The fourth-order valence-corrected chi connectivity index (χ4v) is 2.90. The van der Waals surface area contributed by atoms with Crippen molar-refractivity contribution in [3.63, 3.8) is 0 Å². The van der Waals surface area contributed by atoms with Gasteiger partial charge in [0.15, 0.2) is 0 Å². The molecule has 0 bridgehead atoms. The molecule has 2 aromatic heterocycles. The summed E-state index contributed by atoms with van der Waals surface area (Å²) in [5.41, 5.74) is 1.98. The molecule has 0 aliphatic rings. The van der Waals surface area contributed by atoms with E-state index in [1.54, 1.807) is 22.9 Å². The molecule has 2 rings (SSSR count). The maximum atomic E-state index is 11.8. The normalized spacial score (nSPS) is 10.9. The molecule has 0 aliphatic heterocycles. The van der Waals surface area contributed by atoms with Crippen LogP contribution in [0.5, 0.6) is 0 Å². The lowest BCUT2D eigenvalue weighted by atomic mass is 10.3. The molecular formula is C12H13Br2N3O. The van der Waals surface area contributed by atoms with Crippen LogP contribution < -0.4 is 5.56 Å². The Kier molecular flexibility index (Phi) is 4.07. The second-order valence-corrected chi connectivity index (χ2v) is 5.71. The molecule has 0 unspecified atom stereocenters. The summed E-state index contributed by atoms with van der Waals surface area (Å²) >= 11 is 6.92. The number of pyridine rings is 1. The fourth-order valence-electron chi connectivity index (χ4n) is 1.78. The van der Waals surface area contributed by atoms with Crippen molar-refractivity contribution < 1.29 is 0 Å². The van der Waals surface area contributed by atoms with Gasteiger partial charge >= 0.3 is 0 Å². The highest BCUT2D eigenvalue weighted by Gasteiger charge is 2.13. The van der Waals surface area contributed by atoms with Crippen molar-refractivity contribution >= 4 is 31.9 Å². The van der Waals surface area contributed by atoms with Crippen molar-refractivity contribution in [3.05, 3.63) is 49.0 Å². The summed E-state index contributed by atoms with van der Waals surface area (Å²) < 4.78 is 5.34. The average molecular weight is 375 g/mol. The highest BCUT2D eigenvalue weighted by molar-refractivity contribution is 9.10. The van der Waals surface area contributed by atoms with Crippen molar-refractivity contribution in [1.29, 1.82) is 0 Å². The van der Waals surface area contributed by atoms with Crippen molar-refractivity contribution in [2.75, 3.05) is 0 Å². The van der Waals surface area contributed by atoms with Crippen LogP contribution in [0.2, 0.25) is 0 Å². The second-order valence-electron chi connectivity index (χ2n) is 4.00. The molecule has 2 aromatic rings. The molecule has 0 saturated carbocycles. The molecule has 0 amide bonds. The second kappa shape index (κ2) is 5.40. The smallest absolute Gasteiger partial charge is 0.250 e. The van der Waals surface area contributed by atoms with E-state index < -0.39 is 0 Å². The van der Waals surface area contributed by atoms with Gasteiger partial charge in [-0.1, -0.05) is 6.92 Å². The first kappa shape index (κ1) is 13.5. The summed E-state index contributed by atoms with van der Waals surface area (Å²) in [6.07, 6.45) is 2.65. The number of rotatable bonds is 3. The Balaban J connectivity index is 2.43. The molecule has 2 heterocycles. The van der Waals surface area contributed by atoms with E-state index in [0.29, 0.717) is 6.54 Å². The van der Waals surface area contributed by atoms with Crippen molar-refractivity contribution in [2.45, 2.75) is 19.9 Å². The van der Waals surface area contributed by atoms with Crippen LogP contribution >= 0.6 is 31.9 Å². The van der Waals surface area contributed by atoms with Gasteiger partial charge in [-0.25, -0.2) is 0 Å². The van der Waals surface area contributed by atoms with E-state index in [9.17, 15) is 4.79 Å². The van der Waals surface area contributed by atoms with Crippen LogP contribution in [0.25, 0.3) is 0 Å². The van der Waals surface area contributed by atoms with Gasteiger partial charge in [0.1, 0.15) is 0 Å². The Morgan fingerprint density at radius 3 is 2.67 bits per heavy atom. The maximum absolute atomic E-state index is 11.8. The largest absolute Gasteiger partial charge is 0.308 e. The summed E-state index contributed by atoms with van der Waals surface area (Å²) in [5, 5.41) is 4.42. The van der Waals surface area contributed by atoms with Gasteiger partial charge in [0.25, 0.3) is 5.56 Å². The predicted molar refractivity (Wildman–Crippen MR) is 77.8 cm³/mol. The third kappa shape index (κ3) is 2.59. The minimum Gasteiger partial charge on any atom is -0.308 e. The molecule has 0 N–H and O–H groups in total. The SMILES string of the molecule is CCc1nn(C)c(Cn2cc(Br)ccc2=O)c1Br. The topological polar surface area (TPSA) is 39.8 Å². The lowest BCUT2D eigenvalue weighted by molar-refractivity contribution is 0.647. The standard InChI is InChI=1S/C12H13Br2N3O/c1-3-9-12(14)10(16(2)15-9)7-17-6-8(13)4-5-11(17)18/h4-6H,3,7H2,1-2H3. The molecule has 0 radical (unpaired) electrons. The Morgan fingerprint density at radius 1 is 1.33 bits per heavy atom. The molecule has 0 aromatic carbocycles. The molecule has 18 heavy (non-hydrogen) atoms. The van der Waals surface area contributed by atoms with E-state index in [2.05, 4.69) is 43.9 Å². The lowest BCUT2D eigenvalue weighted by Gasteiger charge is -2.07. The summed E-state index contributed by atoms with van der Waals surface area (Å²) in [6.45, 7) is 2.56. The van der Waals surface area contributed by atoms with Crippen molar-refractivity contribution in [2.24, 2.45) is 7.05 Å². The third-order valence-corrected chi connectivity index (χ3v) is 4.15. The zero-order valence-corrected chi connectivity index (χ0v) is 13.3. The van der Waals surface area contributed by atoms with Gasteiger partial charge in [0.2, 0.25) is 0 Å². The highest BCUT2D eigenvalue weighted by Crippen LogP contribution is 2.22. The number of nitrogens with zero attached hydrogens (tertiary/aromatic N) is 3. The van der Waals surface area contributed by atoms with Gasteiger partial charge in [0.05, 0.1) is 22.4 Å². The van der Waals surface area contributed by atoms with Crippen LogP contribution in [-0.4, -0.2) is 14.3 Å². The zero-order valence-electron chi connectivity index (χ0n) is 10.2. The summed E-state index contributed by atoms with van der Waals surface area (Å²) in [5.74, 6) is 0. The van der Waals surface area contributed by atoms with E-state index in [0.717, 1.165) is 26.8 Å². The van der Waals surface area contributed by atoms with E-state index >= 15 is 0 Å². The molecule has 0 aliphatic carbocycles. The summed E-state index contributed by atoms with van der Waals surface area (Å²) in [7, 11) is 1.89. The van der Waals surface area contributed by atoms with Crippen LogP contribution in [0.4, 0.5) is 0 Å². The first-order chi connectivity index (χ1) is 8.52. The molecule has 6 heteroatoms. The Labute approximate surface area is 122 Å². The van der Waals surface area contributed by atoms with Crippen LogP contribution in [0.15, 0.2) is 32.1 Å². The first-order valence-corrected chi connectivity index (χ1v) is 7.17. The molecule has 0 saturated heterocycles. The van der Waals surface area contributed by atoms with Gasteiger partial charge < -0.3 is 4.57 Å². The molecule has 4 nitrogen and oxygen atoms in total. The summed E-state index contributed by atoms with van der Waals surface area (Å²) in [4.78, 5) is 11.8. The average Bonchev–Trinajstić information content (AvgIpc) is 2.61. The number of halogens is 2. The molecular weight excluding hydrogens is 362 g/mol. The van der Waals surface area contributed by atoms with Gasteiger partial charge in [-0.2, -0.15) is 5.10 Å². The Hall–Kier alpha value is -0.880. The van der Waals surface area contributed by atoms with Crippen LogP contribution in [0.3, 0.4) is 0 Å². The van der Waals surface area contributed by atoms with E-state index in [1.165, 1.54) is 0 Å². The van der Waals surface area contributed by atoms with E-state index in [-0.39, 0.29) is 5.56 Å². The third-order valence-electron chi connectivity index (χ3n) is 2.77. The Morgan fingerprint density at radius 2 is 2.06 bits per heavy atom. The van der Waals surface area contributed by atoms with Crippen LogP contribution in [0, 0.1) is 0 Å².